The van der Waals surface area contributed by atoms with Gasteiger partial charge in [0.2, 0.25) is 5.91 Å². The Morgan fingerprint density at radius 2 is 1.71 bits per heavy atom. The fraction of sp³-hybridized carbons (Fsp3) is 0.524. The summed E-state index contributed by atoms with van der Waals surface area (Å²) < 4.78 is 5.12. The largest absolute Gasteiger partial charge is 0.497 e. The van der Waals surface area contributed by atoms with Crippen LogP contribution in [-0.4, -0.2) is 65.9 Å². The molecule has 1 aromatic carbocycles. The summed E-state index contributed by atoms with van der Waals surface area (Å²) in [6, 6.07) is 5.99. The normalized spacial score (nSPS) is 18.7. The minimum Gasteiger partial charge on any atom is -0.497 e. The van der Waals surface area contributed by atoms with Crippen molar-refractivity contribution in [3.63, 3.8) is 0 Å². The van der Waals surface area contributed by atoms with Crippen molar-refractivity contribution in [2.24, 2.45) is 0 Å². The van der Waals surface area contributed by atoms with E-state index < -0.39 is 23.4 Å². The molecule has 1 unspecified atom stereocenters. The zero-order chi connectivity index (χ0) is 23.4. The van der Waals surface area contributed by atoms with Gasteiger partial charge in [-0.05, 0) is 51.9 Å². The van der Waals surface area contributed by atoms with Crippen LogP contribution in [0.15, 0.2) is 24.3 Å². The van der Waals surface area contributed by atoms with E-state index in [9.17, 15) is 19.2 Å². The van der Waals surface area contributed by atoms with Crippen molar-refractivity contribution in [1.29, 1.82) is 0 Å². The molecule has 5 amide bonds. The summed E-state index contributed by atoms with van der Waals surface area (Å²) in [6.07, 6.45) is 0. The molecule has 10 nitrogen and oxygen atoms in total. The number of nitrogens with zero attached hydrogens (tertiary/aromatic N) is 2. The van der Waals surface area contributed by atoms with Crippen molar-refractivity contribution in [2.45, 2.75) is 45.7 Å². The number of nitrogens with one attached hydrogen (secondary N) is 3. The standard InChI is InChI=1S/C21H31N5O5/c1-7-25(12-16(27)22-20(2,3)4)13-17(28)24-26-18(29)21(5,23-19(26)30)14-8-10-15(31-6)11-9-14/h8-11H,7,12-13H2,1-6H3,(H,22,27)(H,23,30)(H,24,28). The Morgan fingerprint density at radius 1 is 1.13 bits per heavy atom. The average Bonchev–Trinajstić information content (AvgIpc) is 2.90. The number of rotatable bonds is 8. The SMILES string of the molecule is CCN(CC(=O)NN1C(=O)NC(C)(c2ccc(OC)cc2)C1=O)CC(=O)NC(C)(C)C. The third-order valence-corrected chi connectivity index (χ3v) is 4.79. The summed E-state index contributed by atoms with van der Waals surface area (Å²) in [6.45, 7) is 9.29. The number of hydrogen-bond acceptors (Lipinski definition) is 6. The first-order valence-corrected chi connectivity index (χ1v) is 10.0. The van der Waals surface area contributed by atoms with Crippen LogP contribution in [0.3, 0.4) is 0 Å². The van der Waals surface area contributed by atoms with Gasteiger partial charge in [-0.2, -0.15) is 5.01 Å². The summed E-state index contributed by atoms with van der Waals surface area (Å²) in [5, 5.41) is 6.13. The zero-order valence-electron chi connectivity index (χ0n) is 18.9. The molecule has 1 aromatic rings. The van der Waals surface area contributed by atoms with Crippen molar-refractivity contribution >= 4 is 23.8 Å². The van der Waals surface area contributed by atoms with E-state index in [2.05, 4.69) is 16.1 Å². The second-order valence-electron chi connectivity index (χ2n) is 8.56. The van der Waals surface area contributed by atoms with Crippen molar-refractivity contribution < 1.29 is 23.9 Å². The molecule has 1 fully saturated rings. The van der Waals surface area contributed by atoms with E-state index in [1.807, 2.05) is 27.7 Å². The highest BCUT2D eigenvalue weighted by Crippen LogP contribution is 2.29. The topological polar surface area (TPSA) is 120 Å². The molecule has 1 saturated heterocycles. The number of likely N-dealkylation sites (N-methyl/N-ethyl adjacent to an activating group) is 1. The van der Waals surface area contributed by atoms with Gasteiger partial charge in [-0.3, -0.25) is 24.7 Å². The van der Waals surface area contributed by atoms with Crippen LogP contribution in [0.4, 0.5) is 4.79 Å². The van der Waals surface area contributed by atoms with Crippen LogP contribution in [0.1, 0.15) is 40.2 Å². The van der Waals surface area contributed by atoms with E-state index in [0.29, 0.717) is 22.9 Å². The average molecular weight is 434 g/mol. The number of methoxy groups -OCH3 is 1. The molecule has 1 aliphatic heterocycles. The fourth-order valence-corrected chi connectivity index (χ4v) is 3.16. The predicted octanol–water partition coefficient (Wildman–Crippen LogP) is 0.730. The summed E-state index contributed by atoms with van der Waals surface area (Å²) in [5.74, 6) is -0.786. The summed E-state index contributed by atoms with van der Waals surface area (Å²) in [4.78, 5) is 51.6. The van der Waals surface area contributed by atoms with Crippen LogP contribution in [0, 0.1) is 0 Å². The van der Waals surface area contributed by atoms with Gasteiger partial charge in [0.05, 0.1) is 20.2 Å². The maximum Gasteiger partial charge on any atom is 0.344 e. The molecule has 0 bridgehead atoms. The molecule has 3 N–H and O–H groups in total. The van der Waals surface area contributed by atoms with Crippen LogP contribution < -0.4 is 20.8 Å². The third kappa shape index (κ3) is 5.94. The van der Waals surface area contributed by atoms with Crippen LogP contribution >= 0.6 is 0 Å². The zero-order valence-corrected chi connectivity index (χ0v) is 18.9. The molecule has 1 aliphatic rings. The highest BCUT2D eigenvalue weighted by atomic mass is 16.5. The molecular weight excluding hydrogens is 402 g/mol. The van der Waals surface area contributed by atoms with E-state index in [1.54, 1.807) is 36.1 Å². The van der Waals surface area contributed by atoms with Gasteiger partial charge >= 0.3 is 6.03 Å². The van der Waals surface area contributed by atoms with Crippen LogP contribution in [-0.2, 0) is 19.9 Å². The van der Waals surface area contributed by atoms with Crippen molar-refractivity contribution in [2.75, 3.05) is 26.7 Å². The van der Waals surface area contributed by atoms with E-state index in [1.165, 1.54) is 7.11 Å². The maximum absolute atomic E-state index is 12.9. The Balaban J connectivity index is 2.03. The molecule has 0 radical (unpaired) electrons. The molecule has 31 heavy (non-hydrogen) atoms. The smallest absolute Gasteiger partial charge is 0.344 e. The number of urea groups is 1. The first kappa shape index (κ1) is 24.1. The number of carbonyl (C=O) groups is 4. The Kier molecular flexibility index (Phi) is 7.27. The highest BCUT2D eigenvalue weighted by Gasteiger charge is 2.50. The minimum absolute atomic E-state index is 0.0187. The number of carbonyl (C=O) groups excluding carboxylic acids is 4. The quantitative estimate of drug-likeness (QED) is 0.520. The number of ether oxygens (including phenoxy) is 1. The lowest BCUT2D eigenvalue weighted by Gasteiger charge is -2.25. The molecule has 0 spiro atoms. The first-order valence-electron chi connectivity index (χ1n) is 10.0. The van der Waals surface area contributed by atoms with Crippen molar-refractivity contribution in [3.05, 3.63) is 29.8 Å². The molecule has 170 valence electrons. The molecule has 1 atom stereocenters. The van der Waals surface area contributed by atoms with Gasteiger partial charge in [0.15, 0.2) is 0 Å². The van der Waals surface area contributed by atoms with E-state index in [-0.39, 0.29) is 24.5 Å². The summed E-state index contributed by atoms with van der Waals surface area (Å²) in [7, 11) is 1.53. The summed E-state index contributed by atoms with van der Waals surface area (Å²) in [5.41, 5.74) is 1.19. The van der Waals surface area contributed by atoms with Crippen molar-refractivity contribution in [1.82, 2.24) is 26.0 Å². The lowest BCUT2D eigenvalue weighted by molar-refractivity contribution is -0.139. The van der Waals surface area contributed by atoms with Gasteiger partial charge in [0.25, 0.3) is 11.8 Å². The van der Waals surface area contributed by atoms with E-state index in [0.717, 1.165) is 0 Å². The minimum atomic E-state index is -1.33. The Morgan fingerprint density at radius 3 is 2.23 bits per heavy atom. The number of imide groups is 1. The Labute approximate surface area is 182 Å². The molecule has 10 heteroatoms. The van der Waals surface area contributed by atoms with Gasteiger partial charge in [-0.1, -0.05) is 19.1 Å². The van der Waals surface area contributed by atoms with Gasteiger partial charge in [-0.25, -0.2) is 4.79 Å². The van der Waals surface area contributed by atoms with Crippen LogP contribution in [0.5, 0.6) is 5.75 Å². The lowest BCUT2D eigenvalue weighted by Crippen LogP contribution is -2.52. The van der Waals surface area contributed by atoms with Crippen molar-refractivity contribution in [3.8, 4) is 5.75 Å². The third-order valence-electron chi connectivity index (χ3n) is 4.79. The molecule has 0 saturated carbocycles. The highest BCUT2D eigenvalue weighted by molar-refractivity contribution is 6.08. The first-order chi connectivity index (χ1) is 14.4. The van der Waals surface area contributed by atoms with Crippen LogP contribution in [0.25, 0.3) is 0 Å². The van der Waals surface area contributed by atoms with Gasteiger partial charge in [0, 0.05) is 5.54 Å². The van der Waals surface area contributed by atoms with E-state index >= 15 is 0 Å². The lowest BCUT2D eigenvalue weighted by atomic mass is 9.92. The molecule has 0 aliphatic carbocycles. The fourth-order valence-electron chi connectivity index (χ4n) is 3.16. The van der Waals surface area contributed by atoms with E-state index in [4.69, 9.17) is 4.74 Å². The number of hydrazine groups is 1. The van der Waals surface area contributed by atoms with Gasteiger partial charge in [-0.15, -0.1) is 0 Å². The van der Waals surface area contributed by atoms with Gasteiger partial charge in [0.1, 0.15) is 11.3 Å². The predicted molar refractivity (Wildman–Crippen MR) is 114 cm³/mol. The summed E-state index contributed by atoms with van der Waals surface area (Å²) >= 11 is 0. The number of benzene rings is 1. The Hall–Kier alpha value is -3.14. The Bertz CT molecular complexity index is 849. The van der Waals surface area contributed by atoms with Gasteiger partial charge < -0.3 is 15.4 Å². The second kappa shape index (κ2) is 9.34. The molecule has 1 heterocycles. The molecular formula is C21H31N5O5. The molecule has 2 rings (SSSR count). The number of hydrogen-bond donors (Lipinski definition) is 3. The maximum atomic E-state index is 12.9. The van der Waals surface area contributed by atoms with Crippen LogP contribution in [0.2, 0.25) is 0 Å². The second-order valence-corrected chi connectivity index (χ2v) is 8.56. The monoisotopic (exact) mass is 433 g/mol. The molecule has 0 aromatic heterocycles. The number of amides is 5.